The lowest BCUT2D eigenvalue weighted by Crippen LogP contribution is -2.12. The van der Waals surface area contributed by atoms with Crippen molar-refractivity contribution in [1.29, 1.82) is 0 Å². The SMILES string of the molecule is Cc1cc(F)c(O)cc1N=C(N)CCl. The molecular weight excluding hydrogens is 207 g/mol. The van der Waals surface area contributed by atoms with Crippen molar-refractivity contribution in [2.45, 2.75) is 6.92 Å². The van der Waals surface area contributed by atoms with Crippen molar-refractivity contribution in [3.05, 3.63) is 23.5 Å². The molecule has 1 aromatic carbocycles. The molecule has 0 fully saturated rings. The molecule has 0 aliphatic rings. The molecule has 0 bridgehead atoms. The van der Waals surface area contributed by atoms with Crippen molar-refractivity contribution in [1.82, 2.24) is 0 Å². The van der Waals surface area contributed by atoms with Crippen molar-refractivity contribution in [3.63, 3.8) is 0 Å². The fourth-order valence-electron chi connectivity index (χ4n) is 0.955. The molecule has 0 saturated carbocycles. The molecule has 14 heavy (non-hydrogen) atoms. The highest BCUT2D eigenvalue weighted by Gasteiger charge is 2.05. The Labute approximate surface area is 86.0 Å². The third kappa shape index (κ3) is 2.35. The smallest absolute Gasteiger partial charge is 0.165 e. The van der Waals surface area contributed by atoms with Crippen molar-refractivity contribution < 1.29 is 9.50 Å². The summed E-state index contributed by atoms with van der Waals surface area (Å²) in [5, 5.41) is 9.09. The maximum absolute atomic E-state index is 12.8. The molecule has 3 N–H and O–H groups in total. The fourth-order valence-corrected chi connectivity index (χ4v) is 1.02. The highest BCUT2D eigenvalue weighted by molar-refractivity contribution is 6.28. The van der Waals surface area contributed by atoms with Gasteiger partial charge in [0.25, 0.3) is 0 Å². The fraction of sp³-hybridized carbons (Fsp3) is 0.222. The van der Waals surface area contributed by atoms with Gasteiger partial charge in [-0.15, -0.1) is 11.6 Å². The minimum Gasteiger partial charge on any atom is -0.505 e. The van der Waals surface area contributed by atoms with E-state index in [1.165, 1.54) is 12.1 Å². The molecule has 0 aromatic heterocycles. The number of hydrogen-bond acceptors (Lipinski definition) is 2. The highest BCUT2D eigenvalue weighted by Crippen LogP contribution is 2.26. The third-order valence-electron chi connectivity index (χ3n) is 1.67. The van der Waals surface area contributed by atoms with Gasteiger partial charge in [0.1, 0.15) is 5.84 Å². The van der Waals surface area contributed by atoms with Crippen LogP contribution in [0.2, 0.25) is 0 Å². The van der Waals surface area contributed by atoms with Gasteiger partial charge in [0.15, 0.2) is 11.6 Å². The summed E-state index contributed by atoms with van der Waals surface area (Å²) >= 11 is 5.43. The van der Waals surface area contributed by atoms with Crippen LogP contribution in [0, 0.1) is 12.7 Å². The molecule has 0 spiro atoms. The molecule has 0 aliphatic heterocycles. The lowest BCUT2D eigenvalue weighted by atomic mass is 10.2. The quantitative estimate of drug-likeness (QED) is 0.452. The summed E-state index contributed by atoms with van der Waals surface area (Å²) in [5.74, 6) is -0.805. The van der Waals surface area contributed by atoms with Crippen LogP contribution in [0.4, 0.5) is 10.1 Å². The van der Waals surface area contributed by atoms with Gasteiger partial charge < -0.3 is 10.8 Å². The number of rotatable bonds is 2. The van der Waals surface area contributed by atoms with Crippen molar-refractivity contribution in [2.24, 2.45) is 10.7 Å². The average Bonchev–Trinajstić information content (AvgIpc) is 2.14. The standard InChI is InChI=1S/C9H10ClFN2O/c1-5-2-6(11)8(14)3-7(5)13-9(12)4-10/h2-3,14H,4H2,1H3,(H2,12,13). The van der Waals surface area contributed by atoms with Gasteiger partial charge in [0, 0.05) is 6.07 Å². The van der Waals surface area contributed by atoms with E-state index in [1.54, 1.807) is 6.92 Å². The van der Waals surface area contributed by atoms with Crippen molar-refractivity contribution in [2.75, 3.05) is 5.88 Å². The van der Waals surface area contributed by atoms with Crippen LogP contribution in [0.25, 0.3) is 0 Å². The van der Waals surface area contributed by atoms with Crippen LogP contribution in [-0.2, 0) is 0 Å². The van der Waals surface area contributed by atoms with Crippen LogP contribution in [0.3, 0.4) is 0 Å². The zero-order chi connectivity index (χ0) is 10.7. The van der Waals surface area contributed by atoms with Gasteiger partial charge >= 0.3 is 0 Å². The van der Waals surface area contributed by atoms with Gasteiger partial charge in [-0.25, -0.2) is 9.38 Å². The van der Waals surface area contributed by atoms with Crippen LogP contribution < -0.4 is 5.73 Å². The second-order valence-corrected chi connectivity index (χ2v) is 3.09. The van der Waals surface area contributed by atoms with E-state index in [4.69, 9.17) is 22.4 Å². The third-order valence-corrected chi connectivity index (χ3v) is 1.94. The minimum absolute atomic E-state index is 0.0948. The molecule has 0 heterocycles. The minimum atomic E-state index is -0.675. The second kappa shape index (κ2) is 4.28. The first kappa shape index (κ1) is 10.8. The number of aromatic hydroxyl groups is 1. The number of phenolic OH excluding ortho intramolecular Hbond substituents is 1. The van der Waals surface area contributed by atoms with E-state index in [0.717, 1.165) is 0 Å². The van der Waals surface area contributed by atoms with Crippen LogP contribution in [0.1, 0.15) is 5.56 Å². The van der Waals surface area contributed by atoms with E-state index in [0.29, 0.717) is 11.3 Å². The lowest BCUT2D eigenvalue weighted by molar-refractivity contribution is 0.432. The molecule has 0 atom stereocenters. The van der Waals surface area contributed by atoms with Crippen LogP contribution in [0.15, 0.2) is 17.1 Å². The van der Waals surface area contributed by atoms with E-state index >= 15 is 0 Å². The number of aliphatic imine (C=N–C) groups is 1. The van der Waals surface area contributed by atoms with Crippen LogP contribution in [-0.4, -0.2) is 16.8 Å². The van der Waals surface area contributed by atoms with Crippen molar-refractivity contribution in [3.8, 4) is 5.75 Å². The number of amidine groups is 1. The topological polar surface area (TPSA) is 58.6 Å². The van der Waals surface area contributed by atoms with Gasteiger partial charge in [0.2, 0.25) is 0 Å². The predicted molar refractivity (Wildman–Crippen MR) is 54.8 cm³/mol. The summed E-state index contributed by atoms with van der Waals surface area (Å²) in [4.78, 5) is 3.91. The molecule has 0 unspecified atom stereocenters. The first-order chi connectivity index (χ1) is 6.54. The van der Waals surface area contributed by atoms with E-state index in [2.05, 4.69) is 4.99 Å². The first-order valence-electron chi connectivity index (χ1n) is 3.92. The number of halogens is 2. The number of hydrogen-bond donors (Lipinski definition) is 2. The molecule has 3 nitrogen and oxygen atoms in total. The normalized spacial score (nSPS) is 11.8. The van der Waals surface area contributed by atoms with E-state index in [9.17, 15) is 4.39 Å². The number of nitrogens with two attached hydrogens (primary N) is 1. The van der Waals surface area contributed by atoms with Gasteiger partial charge in [0.05, 0.1) is 11.6 Å². The molecule has 1 aromatic rings. The van der Waals surface area contributed by atoms with Gasteiger partial charge in [-0.3, -0.25) is 0 Å². The van der Waals surface area contributed by atoms with Crippen LogP contribution in [0.5, 0.6) is 5.75 Å². The molecular formula is C9H10ClFN2O. The van der Waals surface area contributed by atoms with Crippen LogP contribution >= 0.6 is 11.6 Å². The maximum Gasteiger partial charge on any atom is 0.165 e. The Morgan fingerprint density at radius 1 is 1.64 bits per heavy atom. The summed E-state index contributed by atoms with van der Waals surface area (Å²) in [5.41, 5.74) is 6.41. The monoisotopic (exact) mass is 216 g/mol. The van der Waals surface area contributed by atoms with Crippen molar-refractivity contribution >= 4 is 23.1 Å². The largest absolute Gasteiger partial charge is 0.505 e. The first-order valence-corrected chi connectivity index (χ1v) is 4.46. The number of phenols is 1. The molecule has 0 aliphatic carbocycles. The molecule has 0 amide bonds. The molecule has 0 saturated heterocycles. The number of alkyl halides is 1. The average molecular weight is 217 g/mol. The zero-order valence-electron chi connectivity index (χ0n) is 7.59. The van der Waals surface area contributed by atoms with E-state index in [-0.39, 0.29) is 11.7 Å². The van der Waals surface area contributed by atoms with E-state index < -0.39 is 11.6 Å². The Bertz CT molecular complexity index is 379. The summed E-state index contributed by atoms with van der Waals surface area (Å²) in [6, 6.07) is 2.40. The Morgan fingerprint density at radius 3 is 2.86 bits per heavy atom. The Kier molecular flexibility index (Phi) is 3.30. The zero-order valence-corrected chi connectivity index (χ0v) is 8.35. The lowest BCUT2D eigenvalue weighted by Gasteiger charge is -2.03. The molecule has 5 heteroatoms. The number of benzene rings is 1. The Morgan fingerprint density at radius 2 is 2.29 bits per heavy atom. The van der Waals surface area contributed by atoms with Gasteiger partial charge in [-0.1, -0.05) is 0 Å². The van der Waals surface area contributed by atoms with Gasteiger partial charge in [-0.2, -0.15) is 0 Å². The van der Waals surface area contributed by atoms with Gasteiger partial charge in [-0.05, 0) is 18.6 Å². The predicted octanol–water partition coefficient (Wildman–Crippen LogP) is 2.07. The maximum atomic E-state index is 12.8. The summed E-state index contributed by atoms with van der Waals surface area (Å²) in [7, 11) is 0. The number of aryl methyl sites for hydroxylation is 1. The highest BCUT2D eigenvalue weighted by atomic mass is 35.5. The molecule has 1 rings (SSSR count). The number of nitrogens with zero attached hydrogens (tertiary/aromatic N) is 1. The van der Waals surface area contributed by atoms with E-state index in [1.807, 2.05) is 0 Å². The second-order valence-electron chi connectivity index (χ2n) is 2.83. The Hall–Kier alpha value is -1.29. The summed E-state index contributed by atoms with van der Waals surface area (Å²) in [6.45, 7) is 1.67. The summed E-state index contributed by atoms with van der Waals surface area (Å²) < 4.78 is 12.8. The molecule has 76 valence electrons. The summed E-state index contributed by atoms with van der Waals surface area (Å²) in [6.07, 6.45) is 0. The Balaban J connectivity index is 3.16. The molecule has 0 radical (unpaired) electrons.